The predicted molar refractivity (Wildman–Crippen MR) is 278 cm³/mol. The molecular formula is C55H42F10N12O3S. The molecule has 0 bridgehead atoms. The third-order valence-electron chi connectivity index (χ3n) is 13.3. The average molecular weight is 1140 g/mol. The summed E-state index contributed by atoms with van der Waals surface area (Å²) < 4.78 is 138. The van der Waals surface area contributed by atoms with E-state index in [1.54, 1.807) is 54.6 Å². The number of carbonyl (C=O) groups is 3. The zero-order valence-corrected chi connectivity index (χ0v) is 42.7. The molecular weight excluding hydrogens is 1100 g/mol. The van der Waals surface area contributed by atoms with E-state index >= 15 is 0 Å². The third kappa shape index (κ3) is 11.5. The first-order valence-corrected chi connectivity index (χ1v) is 25.2. The van der Waals surface area contributed by atoms with Crippen molar-refractivity contribution in [3.63, 3.8) is 0 Å². The molecule has 3 aliphatic rings. The van der Waals surface area contributed by atoms with Crippen molar-refractivity contribution in [3.05, 3.63) is 217 Å². The molecule has 6 heterocycles. The Labute approximate surface area is 457 Å². The molecule has 416 valence electrons. The van der Waals surface area contributed by atoms with Crippen molar-refractivity contribution in [1.82, 2.24) is 44.3 Å². The van der Waals surface area contributed by atoms with Gasteiger partial charge in [-0.2, -0.15) is 32.4 Å². The highest BCUT2D eigenvalue weighted by Crippen LogP contribution is 2.64. The molecule has 81 heavy (non-hydrogen) atoms. The van der Waals surface area contributed by atoms with E-state index in [2.05, 4.69) is 46.2 Å². The number of carbonyl (C=O) groups excluding carboxylic acids is 3. The van der Waals surface area contributed by atoms with Crippen LogP contribution in [0.25, 0.3) is 17.1 Å². The van der Waals surface area contributed by atoms with Gasteiger partial charge in [0.1, 0.15) is 16.2 Å². The van der Waals surface area contributed by atoms with E-state index in [0.29, 0.717) is 17.1 Å². The number of rotatable bonds is 12. The molecule has 26 heteroatoms. The van der Waals surface area contributed by atoms with Gasteiger partial charge in [-0.25, -0.2) is 55.3 Å². The summed E-state index contributed by atoms with van der Waals surface area (Å²) >= 11 is 0.250. The van der Waals surface area contributed by atoms with Crippen molar-refractivity contribution < 1.29 is 57.8 Å². The van der Waals surface area contributed by atoms with Crippen molar-refractivity contribution in [1.29, 1.82) is 0 Å². The Morgan fingerprint density at radius 1 is 0.432 bits per heavy atom. The molecule has 12 rings (SSSR count). The SMILES string of the molecule is CSF.O=C(Nc1ccn(-c2ccnc(F)c2)n1)C1(c2ccccc2)CC1(F)F.O=C(Nc1ccn(-c2ccnc(F)c2)n1)[C@@]1(c2ccccc2)CC1(F)F.O=C(Nc1ccn(-c2ccnc(F)c2)n1)[C@]1(c2ccccc2)CC1(F)F. The van der Waals surface area contributed by atoms with E-state index in [1.165, 1.54) is 148 Å². The van der Waals surface area contributed by atoms with E-state index < -0.39 is 88.8 Å². The summed E-state index contributed by atoms with van der Waals surface area (Å²) in [6.07, 6.45) is 8.03. The smallest absolute Gasteiger partial charge is 0.268 e. The molecule has 3 N–H and O–H groups in total. The van der Waals surface area contributed by atoms with Crippen LogP contribution in [0.2, 0.25) is 0 Å². The quantitative estimate of drug-likeness (QED) is 0.0787. The monoisotopic (exact) mass is 1140 g/mol. The summed E-state index contributed by atoms with van der Waals surface area (Å²) in [5, 5.41) is 19.6. The standard InChI is InChI=1S/3C18H13F3N4O.CH3FS/c3*19-14-10-13(6-8-22-14)25-9-7-15(24-25)23-16(26)17(11-18(17,20)21)12-4-2-1-3-5-12;1-3-2/h3*1-10H,11H2,(H,23,24,26);1H3/t2*17-;;/m10../s1. The number of nitrogens with one attached hydrogen (secondary N) is 3. The Hall–Kier alpha value is -9.20. The third-order valence-corrected chi connectivity index (χ3v) is 13.3. The summed E-state index contributed by atoms with van der Waals surface area (Å²) in [5.74, 6) is -13.5. The number of hydrogen-bond donors (Lipinski definition) is 3. The van der Waals surface area contributed by atoms with E-state index in [0.717, 1.165) is 0 Å². The second kappa shape index (κ2) is 22.5. The highest BCUT2D eigenvalue weighted by atomic mass is 32.2. The summed E-state index contributed by atoms with van der Waals surface area (Å²) in [5.41, 5.74) is -3.69. The van der Waals surface area contributed by atoms with Crippen LogP contribution in [-0.2, 0) is 30.6 Å². The van der Waals surface area contributed by atoms with Crippen LogP contribution in [0.15, 0.2) is 183 Å². The molecule has 3 amide bonds. The first kappa shape index (κ1) is 56.5. The van der Waals surface area contributed by atoms with Gasteiger partial charge in [0.05, 0.1) is 17.1 Å². The van der Waals surface area contributed by atoms with Crippen LogP contribution >= 0.6 is 12.1 Å². The fourth-order valence-corrected chi connectivity index (χ4v) is 8.98. The number of nitrogens with zero attached hydrogens (tertiary/aromatic N) is 9. The van der Waals surface area contributed by atoms with Crippen molar-refractivity contribution in [2.75, 3.05) is 22.2 Å². The highest BCUT2D eigenvalue weighted by molar-refractivity contribution is 7.93. The lowest BCUT2D eigenvalue weighted by atomic mass is 9.94. The molecule has 9 aromatic rings. The van der Waals surface area contributed by atoms with Crippen LogP contribution in [0.5, 0.6) is 0 Å². The van der Waals surface area contributed by atoms with Gasteiger partial charge < -0.3 is 16.0 Å². The number of halogens is 10. The Kier molecular flexibility index (Phi) is 15.7. The Bertz CT molecular complexity index is 3330. The molecule has 3 saturated carbocycles. The van der Waals surface area contributed by atoms with Gasteiger partial charge in [-0.1, -0.05) is 91.0 Å². The molecule has 3 atom stereocenters. The number of aromatic nitrogens is 9. The predicted octanol–water partition coefficient (Wildman–Crippen LogP) is 11.2. The lowest BCUT2D eigenvalue weighted by Crippen LogP contribution is -2.33. The van der Waals surface area contributed by atoms with Crippen molar-refractivity contribution in [2.45, 2.75) is 53.3 Å². The molecule has 1 unspecified atom stereocenters. The molecule has 0 radical (unpaired) electrons. The summed E-state index contributed by atoms with van der Waals surface area (Å²) in [6, 6.07) is 36.3. The van der Waals surface area contributed by atoms with Crippen molar-refractivity contribution in [2.24, 2.45) is 0 Å². The van der Waals surface area contributed by atoms with Crippen LogP contribution < -0.4 is 16.0 Å². The maximum Gasteiger partial charge on any atom is 0.268 e. The van der Waals surface area contributed by atoms with Crippen molar-refractivity contribution in [3.8, 4) is 17.1 Å². The largest absolute Gasteiger partial charge is 0.308 e. The zero-order chi connectivity index (χ0) is 57.8. The summed E-state index contributed by atoms with van der Waals surface area (Å²) in [6.45, 7) is 0. The minimum atomic E-state index is -3.12. The minimum Gasteiger partial charge on any atom is -0.308 e. The van der Waals surface area contributed by atoms with E-state index in [-0.39, 0.29) is 46.3 Å². The molecule has 6 aromatic heterocycles. The van der Waals surface area contributed by atoms with Crippen LogP contribution in [0, 0.1) is 17.8 Å². The van der Waals surface area contributed by atoms with Gasteiger partial charge in [-0.05, 0) is 34.9 Å². The Morgan fingerprint density at radius 2 is 0.667 bits per heavy atom. The second-order valence-corrected chi connectivity index (χ2v) is 18.7. The molecule has 15 nitrogen and oxygen atoms in total. The Morgan fingerprint density at radius 3 is 0.877 bits per heavy atom. The first-order chi connectivity index (χ1) is 38.7. The van der Waals surface area contributed by atoms with Crippen LogP contribution in [-0.4, -0.2) is 86.0 Å². The minimum absolute atomic E-state index is 0.102. The molecule has 3 aromatic carbocycles. The fraction of sp³-hybridized carbons (Fsp3) is 0.182. The van der Waals surface area contributed by atoms with Gasteiger partial charge in [0.15, 0.2) is 17.5 Å². The van der Waals surface area contributed by atoms with Gasteiger partial charge in [0, 0.05) is 111 Å². The molecule has 0 saturated heterocycles. The number of pyridine rings is 3. The number of amides is 3. The lowest BCUT2D eigenvalue weighted by molar-refractivity contribution is -0.122. The topological polar surface area (TPSA) is 179 Å². The van der Waals surface area contributed by atoms with Crippen LogP contribution in [0.4, 0.5) is 60.9 Å². The molecule has 0 aliphatic heterocycles. The summed E-state index contributed by atoms with van der Waals surface area (Å²) in [4.78, 5) is 48.2. The highest BCUT2D eigenvalue weighted by Gasteiger charge is 2.78. The molecule has 3 fully saturated rings. The molecule has 0 spiro atoms. The number of anilines is 3. The molecule has 3 aliphatic carbocycles. The summed E-state index contributed by atoms with van der Waals surface area (Å²) in [7, 11) is 0. The maximum absolute atomic E-state index is 14.1. The first-order valence-electron chi connectivity index (χ1n) is 24.1. The van der Waals surface area contributed by atoms with Gasteiger partial charge in [0.2, 0.25) is 35.6 Å². The second-order valence-electron chi connectivity index (χ2n) is 18.4. The number of alkyl halides is 6. The lowest BCUT2D eigenvalue weighted by Gasteiger charge is -2.15. The van der Waals surface area contributed by atoms with Gasteiger partial charge in [-0.3, -0.25) is 14.4 Å². The van der Waals surface area contributed by atoms with E-state index in [9.17, 15) is 57.8 Å². The van der Waals surface area contributed by atoms with Crippen LogP contribution in [0.3, 0.4) is 0 Å². The maximum atomic E-state index is 14.1. The van der Waals surface area contributed by atoms with Gasteiger partial charge in [0.25, 0.3) is 17.8 Å². The fourth-order valence-electron chi connectivity index (χ4n) is 8.98. The zero-order valence-electron chi connectivity index (χ0n) is 41.9. The number of benzene rings is 3. The average Bonchev–Trinajstić information content (AvgIpc) is 4.24. The normalized spacial score (nSPS) is 20.0. The van der Waals surface area contributed by atoms with Crippen molar-refractivity contribution >= 4 is 47.3 Å². The van der Waals surface area contributed by atoms with Gasteiger partial charge in [-0.15, -0.1) is 0 Å². The van der Waals surface area contributed by atoms with E-state index in [1.807, 2.05) is 0 Å². The van der Waals surface area contributed by atoms with Crippen LogP contribution in [0.1, 0.15) is 36.0 Å². The van der Waals surface area contributed by atoms with E-state index in [4.69, 9.17) is 0 Å². The van der Waals surface area contributed by atoms with Gasteiger partial charge >= 0.3 is 0 Å². The number of hydrogen-bond acceptors (Lipinski definition) is 10. The Balaban J connectivity index is 0.000000143.